The molecule has 0 saturated carbocycles. The van der Waals surface area contributed by atoms with Crippen LogP contribution in [0.2, 0.25) is 0 Å². The van der Waals surface area contributed by atoms with E-state index in [9.17, 15) is 4.79 Å². The molecule has 7 nitrogen and oxygen atoms in total. The van der Waals surface area contributed by atoms with Crippen LogP contribution in [-0.4, -0.2) is 26.0 Å². The monoisotopic (exact) mass is 335 g/mol. The minimum Gasteiger partial charge on any atom is -0.351 e. The van der Waals surface area contributed by atoms with Gasteiger partial charge in [-0.25, -0.2) is 9.97 Å². The van der Waals surface area contributed by atoms with E-state index >= 15 is 0 Å². The van der Waals surface area contributed by atoms with Crippen molar-refractivity contribution in [2.24, 2.45) is 0 Å². The van der Waals surface area contributed by atoms with Gasteiger partial charge in [0, 0.05) is 29.7 Å². The van der Waals surface area contributed by atoms with E-state index < -0.39 is 0 Å². The molecule has 0 aromatic carbocycles. The second-order valence-corrected chi connectivity index (χ2v) is 6.06. The molecule has 3 aromatic rings. The zero-order valence-electron chi connectivity index (χ0n) is 13.8. The average Bonchev–Trinajstić information content (AvgIpc) is 3.09. The van der Waals surface area contributed by atoms with Crippen molar-refractivity contribution in [2.75, 3.05) is 0 Å². The lowest BCUT2D eigenvalue weighted by molar-refractivity contribution is 0.0895. The smallest absolute Gasteiger partial charge is 0.290 e. The fourth-order valence-electron chi connectivity index (χ4n) is 3.02. The maximum absolute atomic E-state index is 12.3. The van der Waals surface area contributed by atoms with Crippen LogP contribution in [0.3, 0.4) is 0 Å². The summed E-state index contributed by atoms with van der Waals surface area (Å²) in [6.45, 7) is 1.78. The van der Waals surface area contributed by atoms with Gasteiger partial charge < -0.3 is 9.84 Å². The van der Waals surface area contributed by atoms with Gasteiger partial charge in [-0.05, 0) is 38.3 Å². The molecule has 0 saturated heterocycles. The summed E-state index contributed by atoms with van der Waals surface area (Å²) in [5.74, 6) is 0.556. The number of hydrogen-bond acceptors (Lipinski definition) is 6. The number of carbonyl (C=O) groups excluding carboxylic acids is 1. The Morgan fingerprint density at radius 2 is 2.24 bits per heavy atom. The van der Waals surface area contributed by atoms with Gasteiger partial charge in [0.15, 0.2) is 5.82 Å². The molecule has 1 N–H and O–H groups in total. The number of rotatable bonds is 3. The summed E-state index contributed by atoms with van der Waals surface area (Å²) in [6.07, 6.45) is 6.18. The van der Waals surface area contributed by atoms with Crippen LogP contribution in [-0.2, 0) is 6.42 Å². The SMILES string of the molecule is Cc1cc(C(=O)NC2CCCc3nc(-c4ccccn4)ncc32)on1. The Hall–Kier alpha value is -3.09. The highest BCUT2D eigenvalue weighted by Gasteiger charge is 2.25. The number of nitrogens with one attached hydrogen (secondary N) is 1. The maximum Gasteiger partial charge on any atom is 0.290 e. The fraction of sp³-hybridized carbons (Fsp3) is 0.278. The molecule has 0 spiro atoms. The Morgan fingerprint density at radius 1 is 1.32 bits per heavy atom. The number of amides is 1. The van der Waals surface area contributed by atoms with Gasteiger partial charge in [0.2, 0.25) is 5.76 Å². The molecule has 1 aliphatic carbocycles. The van der Waals surface area contributed by atoms with Crippen LogP contribution in [0, 0.1) is 6.92 Å². The second-order valence-electron chi connectivity index (χ2n) is 6.06. The summed E-state index contributed by atoms with van der Waals surface area (Å²) in [4.78, 5) is 25.7. The lowest BCUT2D eigenvalue weighted by atomic mass is 9.92. The van der Waals surface area contributed by atoms with Gasteiger partial charge in [-0.15, -0.1) is 0 Å². The molecule has 7 heteroatoms. The van der Waals surface area contributed by atoms with Crippen molar-refractivity contribution in [2.45, 2.75) is 32.2 Å². The van der Waals surface area contributed by atoms with Gasteiger partial charge in [-0.2, -0.15) is 0 Å². The van der Waals surface area contributed by atoms with Crippen molar-refractivity contribution in [3.63, 3.8) is 0 Å². The van der Waals surface area contributed by atoms with Crippen LogP contribution >= 0.6 is 0 Å². The van der Waals surface area contributed by atoms with Crippen molar-refractivity contribution in [3.05, 3.63) is 59.4 Å². The van der Waals surface area contributed by atoms with Gasteiger partial charge in [0.05, 0.1) is 11.7 Å². The van der Waals surface area contributed by atoms with Gasteiger partial charge >= 0.3 is 0 Å². The Bertz CT molecular complexity index is 907. The van der Waals surface area contributed by atoms with Crippen molar-refractivity contribution in [1.82, 2.24) is 25.4 Å². The molecule has 3 aromatic heterocycles. The van der Waals surface area contributed by atoms with Gasteiger partial charge in [0.25, 0.3) is 5.91 Å². The maximum atomic E-state index is 12.3. The minimum atomic E-state index is -0.271. The molecule has 0 bridgehead atoms. The number of hydrogen-bond donors (Lipinski definition) is 1. The highest BCUT2D eigenvalue weighted by atomic mass is 16.5. The van der Waals surface area contributed by atoms with Crippen molar-refractivity contribution in [1.29, 1.82) is 0 Å². The predicted octanol–water partition coefficient (Wildman–Crippen LogP) is 2.64. The van der Waals surface area contributed by atoms with Crippen molar-refractivity contribution >= 4 is 5.91 Å². The molecule has 1 aliphatic rings. The minimum absolute atomic E-state index is 0.126. The zero-order chi connectivity index (χ0) is 17.2. The zero-order valence-corrected chi connectivity index (χ0v) is 13.8. The first-order valence-electron chi connectivity index (χ1n) is 8.22. The van der Waals surface area contributed by atoms with E-state index in [-0.39, 0.29) is 17.7 Å². The molecular formula is C18H17N5O2. The predicted molar refractivity (Wildman–Crippen MR) is 89.6 cm³/mol. The second kappa shape index (κ2) is 6.43. The number of pyridine rings is 1. The number of carbonyl (C=O) groups is 1. The van der Waals surface area contributed by atoms with E-state index in [1.807, 2.05) is 18.2 Å². The van der Waals surface area contributed by atoms with Crippen LogP contribution in [0.5, 0.6) is 0 Å². The number of aromatic nitrogens is 4. The van der Waals surface area contributed by atoms with Crippen molar-refractivity contribution in [3.8, 4) is 11.5 Å². The summed E-state index contributed by atoms with van der Waals surface area (Å²) in [6, 6.07) is 7.15. The fourth-order valence-corrected chi connectivity index (χ4v) is 3.02. The topological polar surface area (TPSA) is 93.8 Å². The normalized spacial score (nSPS) is 16.3. The number of fused-ring (bicyclic) bond motifs is 1. The third kappa shape index (κ3) is 3.13. The lowest BCUT2D eigenvalue weighted by Gasteiger charge is -2.25. The number of aryl methyl sites for hydroxylation is 2. The summed E-state index contributed by atoms with van der Waals surface area (Å²) in [7, 11) is 0. The highest BCUT2D eigenvalue weighted by Crippen LogP contribution is 2.29. The molecule has 1 atom stereocenters. The molecule has 1 amide bonds. The van der Waals surface area contributed by atoms with Gasteiger partial charge in [-0.1, -0.05) is 11.2 Å². The average molecular weight is 335 g/mol. The Morgan fingerprint density at radius 3 is 3.00 bits per heavy atom. The first-order chi connectivity index (χ1) is 12.2. The standard InChI is InChI=1S/C18H17N5O2/c1-11-9-16(25-23-11)18(24)22-14-7-4-6-13-12(14)10-20-17(21-13)15-5-2-3-8-19-15/h2-3,5,8-10,14H,4,6-7H2,1H3,(H,22,24). The highest BCUT2D eigenvalue weighted by molar-refractivity contribution is 5.91. The molecule has 3 heterocycles. The Kier molecular flexibility index (Phi) is 3.97. The van der Waals surface area contributed by atoms with Crippen LogP contribution in [0.4, 0.5) is 0 Å². The van der Waals surface area contributed by atoms with Gasteiger partial charge in [0.1, 0.15) is 5.69 Å². The first-order valence-corrected chi connectivity index (χ1v) is 8.22. The summed E-state index contributed by atoms with van der Waals surface area (Å²) in [5, 5.41) is 6.75. The van der Waals surface area contributed by atoms with E-state index in [1.165, 1.54) is 0 Å². The van der Waals surface area contributed by atoms with Crippen LogP contribution in [0.1, 0.15) is 46.4 Å². The van der Waals surface area contributed by atoms with E-state index in [1.54, 1.807) is 25.4 Å². The quantitative estimate of drug-likeness (QED) is 0.791. The Labute approximate surface area is 144 Å². The third-order valence-electron chi connectivity index (χ3n) is 4.23. The number of nitrogens with zero attached hydrogens (tertiary/aromatic N) is 4. The van der Waals surface area contributed by atoms with Gasteiger partial charge in [-0.3, -0.25) is 9.78 Å². The summed E-state index contributed by atoms with van der Waals surface area (Å²) < 4.78 is 5.03. The largest absolute Gasteiger partial charge is 0.351 e. The van der Waals surface area contributed by atoms with E-state index in [4.69, 9.17) is 4.52 Å². The lowest BCUT2D eigenvalue weighted by Crippen LogP contribution is -2.31. The molecule has 1 unspecified atom stereocenters. The Balaban J connectivity index is 1.59. The molecule has 0 aliphatic heterocycles. The van der Waals surface area contributed by atoms with Crippen molar-refractivity contribution < 1.29 is 9.32 Å². The molecule has 126 valence electrons. The summed E-state index contributed by atoms with van der Waals surface area (Å²) >= 11 is 0. The van der Waals surface area contributed by atoms with Crippen LogP contribution in [0.15, 0.2) is 41.2 Å². The third-order valence-corrected chi connectivity index (χ3v) is 4.23. The molecule has 4 rings (SSSR count). The molecule has 0 radical (unpaired) electrons. The molecular weight excluding hydrogens is 318 g/mol. The van der Waals surface area contributed by atoms with E-state index in [2.05, 4.69) is 25.4 Å². The van der Waals surface area contributed by atoms with Crippen LogP contribution in [0.25, 0.3) is 11.5 Å². The van der Waals surface area contributed by atoms with Crippen LogP contribution < -0.4 is 5.32 Å². The molecule has 25 heavy (non-hydrogen) atoms. The molecule has 0 fully saturated rings. The van der Waals surface area contributed by atoms with E-state index in [0.717, 1.165) is 36.2 Å². The first kappa shape index (κ1) is 15.4. The summed E-state index contributed by atoms with van der Waals surface area (Å²) in [5.41, 5.74) is 3.34. The van der Waals surface area contributed by atoms with E-state index in [0.29, 0.717) is 11.5 Å².